The van der Waals surface area contributed by atoms with Crippen LogP contribution in [0.4, 0.5) is 0 Å². The minimum atomic E-state index is -1.18. The maximum atomic E-state index is 12.2. The van der Waals surface area contributed by atoms with Crippen LogP contribution in [-0.2, 0) is 14.3 Å². The van der Waals surface area contributed by atoms with E-state index < -0.39 is 12.1 Å². The second-order valence-electron chi connectivity index (χ2n) is 6.38. The fourth-order valence-electron chi connectivity index (χ4n) is 2.28. The van der Waals surface area contributed by atoms with Crippen LogP contribution in [0.2, 0.25) is 0 Å². The van der Waals surface area contributed by atoms with Gasteiger partial charge in [0.25, 0.3) is 0 Å². The van der Waals surface area contributed by atoms with Crippen molar-refractivity contribution in [2.24, 2.45) is 5.92 Å². The van der Waals surface area contributed by atoms with Crippen LogP contribution in [0.3, 0.4) is 0 Å². The van der Waals surface area contributed by atoms with Crippen LogP contribution in [0.1, 0.15) is 46.0 Å². The molecular formula is C15H29NO4. The maximum absolute atomic E-state index is 12.2. The van der Waals surface area contributed by atoms with Crippen molar-refractivity contribution >= 4 is 11.9 Å². The van der Waals surface area contributed by atoms with Gasteiger partial charge in [-0.15, -0.1) is 0 Å². The van der Waals surface area contributed by atoms with Crippen LogP contribution in [-0.4, -0.2) is 50.2 Å². The predicted molar refractivity (Wildman–Crippen MR) is 75.7 cm³/mol. The molecule has 0 radical (unpaired) electrons. The molecule has 0 saturated carbocycles. The molecule has 5 nitrogen and oxygen atoms in total. The minimum Gasteiger partial charge on any atom is -0.550 e. The molecule has 0 unspecified atom stereocenters. The molecule has 0 bridgehead atoms. The molecule has 0 spiro atoms. The fraction of sp³-hybridized carbons (Fsp3) is 0.867. The van der Waals surface area contributed by atoms with Crippen molar-refractivity contribution in [1.29, 1.82) is 0 Å². The third-order valence-corrected chi connectivity index (χ3v) is 3.04. The number of carbonyl (C=O) groups excluding carboxylic acids is 2. The molecule has 0 aromatic rings. The van der Waals surface area contributed by atoms with E-state index in [2.05, 4.69) is 0 Å². The first-order valence-electron chi connectivity index (χ1n) is 7.40. The highest BCUT2D eigenvalue weighted by Crippen LogP contribution is 2.17. The van der Waals surface area contributed by atoms with Crippen LogP contribution in [0.15, 0.2) is 0 Å². The van der Waals surface area contributed by atoms with E-state index >= 15 is 0 Å². The highest BCUT2D eigenvalue weighted by atomic mass is 16.5. The molecule has 118 valence electrons. The summed E-state index contributed by atoms with van der Waals surface area (Å²) >= 11 is 0. The molecule has 0 saturated heterocycles. The third kappa shape index (κ3) is 8.91. The number of carboxylic acids is 1. The Bertz CT molecular complexity index is 303. The average molecular weight is 287 g/mol. The Morgan fingerprint density at radius 3 is 1.95 bits per heavy atom. The number of carboxylic acid groups (broad SMARTS) is 1. The molecule has 1 atom stereocenters. The Hall–Kier alpha value is -1.10. The van der Waals surface area contributed by atoms with Crippen LogP contribution in [0.5, 0.6) is 0 Å². The molecule has 0 aliphatic rings. The van der Waals surface area contributed by atoms with Crippen LogP contribution in [0.25, 0.3) is 0 Å². The largest absolute Gasteiger partial charge is 0.550 e. The van der Waals surface area contributed by atoms with E-state index in [0.717, 1.165) is 25.7 Å². The first-order valence-corrected chi connectivity index (χ1v) is 7.40. The van der Waals surface area contributed by atoms with Gasteiger partial charge in [-0.05, 0) is 12.8 Å². The zero-order valence-corrected chi connectivity index (χ0v) is 13.5. The Morgan fingerprint density at radius 1 is 1.10 bits per heavy atom. The number of aliphatic carboxylic acids is 1. The van der Waals surface area contributed by atoms with E-state index in [9.17, 15) is 14.7 Å². The number of carbonyl (C=O) groups is 2. The zero-order chi connectivity index (χ0) is 15.8. The number of rotatable bonds is 10. The van der Waals surface area contributed by atoms with Gasteiger partial charge in [-0.3, -0.25) is 4.79 Å². The van der Waals surface area contributed by atoms with Crippen LogP contribution >= 0.6 is 0 Å². The number of likely N-dealkylation sites (N-methyl/N-ethyl adjacent to an activating group) is 1. The van der Waals surface area contributed by atoms with Crippen LogP contribution in [0, 0.1) is 5.92 Å². The van der Waals surface area contributed by atoms with Gasteiger partial charge in [0.15, 0.2) is 6.10 Å². The first-order chi connectivity index (χ1) is 9.19. The van der Waals surface area contributed by atoms with Gasteiger partial charge in [0.05, 0.1) is 27.1 Å². The minimum absolute atomic E-state index is 0.123. The predicted octanol–water partition coefficient (Wildman–Crippen LogP) is 0.961. The standard InChI is InChI=1S/C15H29NO4/c1-6-8-12(9-7-2)15(19)20-13(10-14(17)18)11-16(3,4)5/h12-13H,6-11H2,1-5H3/t13-/m1/s1. The van der Waals surface area contributed by atoms with Crippen molar-refractivity contribution in [3.63, 3.8) is 0 Å². The van der Waals surface area contributed by atoms with E-state index in [0.29, 0.717) is 11.0 Å². The number of hydrogen-bond acceptors (Lipinski definition) is 4. The summed E-state index contributed by atoms with van der Waals surface area (Å²) in [5.74, 6) is -1.58. The van der Waals surface area contributed by atoms with E-state index in [-0.39, 0.29) is 18.3 Å². The molecule has 0 rings (SSSR count). The van der Waals surface area contributed by atoms with Gasteiger partial charge in [-0.2, -0.15) is 0 Å². The summed E-state index contributed by atoms with van der Waals surface area (Å²) < 4.78 is 5.97. The second-order valence-corrected chi connectivity index (χ2v) is 6.38. The van der Waals surface area contributed by atoms with Crippen LogP contribution < -0.4 is 5.11 Å². The zero-order valence-electron chi connectivity index (χ0n) is 13.5. The smallest absolute Gasteiger partial charge is 0.309 e. The molecule has 0 N–H and O–H groups in total. The molecule has 5 heteroatoms. The summed E-state index contributed by atoms with van der Waals surface area (Å²) in [6, 6.07) is 0. The summed E-state index contributed by atoms with van der Waals surface area (Å²) in [5.41, 5.74) is 0. The third-order valence-electron chi connectivity index (χ3n) is 3.04. The van der Waals surface area contributed by atoms with Crippen molar-refractivity contribution in [3.05, 3.63) is 0 Å². The lowest BCUT2D eigenvalue weighted by molar-refractivity contribution is -0.873. The Labute approximate surface area is 122 Å². The van der Waals surface area contributed by atoms with Crippen molar-refractivity contribution in [2.75, 3.05) is 27.7 Å². The number of ether oxygens (including phenoxy) is 1. The molecule has 0 aliphatic carbocycles. The summed E-state index contributed by atoms with van der Waals surface area (Å²) in [6.07, 6.45) is 2.54. The summed E-state index contributed by atoms with van der Waals surface area (Å²) in [4.78, 5) is 22.9. The van der Waals surface area contributed by atoms with Gasteiger partial charge in [0, 0.05) is 12.4 Å². The molecule has 0 amide bonds. The van der Waals surface area contributed by atoms with Gasteiger partial charge in [-0.25, -0.2) is 0 Å². The van der Waals surface area contributed by atoms with E-state index in [1.807, 2.05) is 35.0 Å². The highest BCUT2D eigenvalue weighted by molar-refractivity contribution is 5.73. The summed E-state index contributed by atoms with van der Waals surface area (Å²) in [6.45, 7) is 4.52. The lowest BCUT2D eigenvalue weighted by Crippen LogP contribution is -2.45. The quantitative estimate of drug-likeness (QED) is 0.443. The Kier molecular flexibility index (Phi) is 8.46. The Balaban J connectivity index is 4.67. The van der Waals surface area contributed by atoms with Gasteiger partial charge in [0.1, 0.15) is 6.54 Å². The van der Waals surface area contributed by atoms with Gasteiger partial charge < -0.3 is 19.1 Å². The fourth-order valence-corrected chi connectivity index (χ4v) is 2.28. The SMILES string of the molecule is CCCC(CCC)C(=O)O[C@H](CC(=O)[O-])C[N+](C)(C)C. The van der Waals surface area contributed by atoms with Gasteiger partial charge in [0.2, 0.25) is 0 Å². The normalized spacial score (nSPS) is 13.3. The van der Waals surface area contributed by atoms with Crippen molar-refractivity contribution in [3.8, 4) is 0 Å². The Morgan fingerprint density at radius 2 is 1.60 bits per heavy atom. The molecule has 0 fully saturated rings. The lowest BCUT2D eigenvalue weighted by Gasteiger charge is -2.30. The molecule has 0 heterocycles. The first kappa shape index (κ1) is 18.9. The molecular weight excluding hydrogens is 258 g/mol. The second kappa shape index (κ2) is 8.95. The highest BCUT2D eigenvalue weighted by Gasteiger charge is 2.26. The van der Waals surface area contributed by atoms with Gasteiger partial charge in [-0.1, -0.05) is 26.7 Å². The number of nitrogens with zero attached hydrogens (tertiary/aromatic N) is 1. The van der Waals surface area contributed by atoms with Crippen molar-refractivity contribution < 1.29 is 23.9 Å². The molecule has 0 aromatic heterocycles. The summed E-state index contributed by atoms with van der Waals surface area (Å²) in [5, 5.41) is 10.8. The lowest BCUT2D eigenvalue weighted by atomic mass is 9.98. The van der Waals surface area contributed by atoms with E-state index in [1.165, 1.54) is 0 Å². The maximum Gasteiger partial charge on any atom is 0.309 e. The average Bonchev–Trinajstić information content (AvgIpc) is 2.25. The number of hydrogen-bond donors (Lipinski definition) is 0. The van der Waals surface area contributed by atoms with E-state index in [1.54, 1.807) is 0 Å². The topological polar surface area (TPSA) is 66.4 Å². The molecule has 0 aliphatic heterocycles. The molecule has 20 heavy (non-hydrogen) atoms. The monoisotopic (exact) mass is 287 g/mol. The van der Waals surface area contributed by atoms with E-state index in [4.69, 9.17) is 4.74 Å². The number of esters is 1. The van der Waals surface area contributed by atoms with Crippen molar-refractivity contribution in [2.45, 2.75) is 52.1 Å². The van der Waals surface area contributed by atoms with Crippen molar-refractivity contribution in [1.82, 2.24) is 0 Å². The van der Waals surface area contributed by atoms with Gasteiger partial charge >= 0.3 is 5.97 Å². The summed E-state index contributed by atoms with van der Waals surface area (Å²) in [7, 11) is 5.81. The molecule has 0 aromatic carbocycles. The number of quaternary nitrogens is 1.